The van der Waals surface area contributed by atoms with Gasteiger partial charge in [-0.05, 0) is 49.8 Å². The summed E-state index contributed by atoms with van der Waals surface area (Å²) in [6.45, 7) is 2.21. The quantitative estimate of drug-likeness (QED) is 0.906. The Kier molecular flexibility index (Phi) is 3.86. The molecule has 1 fully saturated rings. The van der Waals surface area contributed by atoms with Crippen LogP contribution in [-0.4, -0.2) is 35.8 Å². The molecule has 1 aliphatic rings. The number of rotatable bonds is 3. The van der Waals surface area contributed by atoms with Crippen LogP contribution in [0, 0.1) is 5.92 Å². The first-order valence-electron chi connectivity index (χ1n) is 7.58. The molecule has 0 amide bonds. The van der Waals surface area contributed by atoms with Crippen LogP contribution in [-0.2, 0) is 10.0 Å². The van der Waals surface area contributed by atoms with Gasteiger partial charge in [-0.3, -0.25) is 0 Å². The van der Waals surface area contributed by atoms with Crippen LogP contribution in [0.15, 0.2) is 27.9 Å². The van der Waals surface area contributed by atoms with Gasteiger partial charge >= 0.3 is 5.69 Å². The molecule has 0 bridgehead atoms. The van der Waals surface area contributed by atoms with E-state index in [9.17, 15) is 13.2 Å². The number of nitrogens with one attached hydrogen (secondary N) is 2. The van der Waals surface area contributed by atoms with Gasteiger partial charge in [0.25, 0.3) is 0 Å². The molecule has 7 heteroatoms. The van der Waals surface area contributed by atoms with Crippen LogP contribution in [0.5, 0.6) is 0 Å². The van der Waals surface area contributed by atoms with Gasteiger partial charge in [0.15, 0.2) is 0 Å². The van der Waals surface area contributed by atoms with E-state index in [0.717, 1.165) is 25.7 Å². The molecule has 0 atom stereocenters. The molecule has 2 aromatic rings. The number of H-pyrrole nitrogens is 2. The van der Waals surface area contributed by atoms with Crippen molar-refractivity contribution in [3.05, 3.63) is 28.7 Å². The van der Waals surface area contributed by atoms with Crippen LogP contribution in [0.4, 0.5) is 0 Å². The van der Waals surface area contributed by atoms with Gasteiger partial charge in [0.2, 0.25) is 10.0 Å². The minimum absolute atomic E-state index is 0.0576. The lowest BCUT2D eigenvalue weighted by molar-refractivity contribution is 0.246. The van der Waals surface area contributed by atoms with Crippen molar-refractivity contribution in [2.24, 2.45) is 5.92 Å². The van der Waals surface area contributed by atoms with Crippen LogP contribution in [0.2, 0.25) is 0 Å². The largest absolute Gasteiger partial charge is 0.323 e. The van der Waals surface area contributed by atoms with Crippen molar-refractivity contribution < 1.29 is 8.42 Å². The Labute approximate surface area is 129 Å². The monoisotopic (exact) mass is 323 g/mol. The maximum Gasteiger partial charge on any atom is 0.323 e. The lowest BCUT2D eigenvalue weighted by Crippen LogP contribution is -2.39. The predicted octanol–water partition coefficient (Wildman–Crippen LogP) is 2.06. The van der Waals surface area contributed by atoms with Crippen molar-refractivity contribution in [2.75, 3.05) is 7.05 Å². The minimum atomic E-state index is -3.54. The maximum atomic E-state index is 12.8. The molecule has 120 valence electrons. The first-order chi connectivity index (χ1) is 10.4. The summed E-state index contributed by atoms with van der Waals surface area (Å²) in [6.07, 6.45) is 3.93. The van der Waals surface area contributed by atoms with E-state index in [-0.39, 0.29) is 16.6 Å². The lowest BCUT2D eigenvalue weighted by atomic mass is 9.87. The molecule has 1 aromatic carbocycles. The fourth-order valence-electron chi connectivity index (χ4n) is 3.14. The zero-order chi connectivity index (χ0) is 15.9. The number of benzene rings is 1. The second kappa shape index (κ2) is 5.55. The molecule has 0 unspecified atom stereocenters. The molecule has 6 nitrogen and oxygen atoms in total. The van der Waals surface area contributed by atoms with Crippen molar-refractivity contribution in [1.82, 2.24) is 14.3 Å². The smallest absolute Gasteiger partial charge is 0.306 e. The molecule has 0 radical (unpaired) electrons. The van der Waals surface area contributed by atoms with Gasteiger partial charge in [-0.2, -0.15) is 4.31 Å². The predicted molar refractivity (Wildman–Crippen MR) is 85.3 cm³/mol. The summed E-state index contributed by atoms with van der Waals surface area (Å²) >= 11 is 0. The Morgan fingerprint density at radius 3 is 2.41 bits per heavy atom. The third kappa shape index (κ3) is 2.70. The van der Waals surface area contributed by atoms with Crippen LogP contribution in [0.1, 0.15) is 32.6 Å². The van der Waals surface area contributed by atoms with Crippen molar-refractivity contribution >= 4 is 21.1 Å². The Morgan fingerprint density at radius 1 is 1.09 bits per heavy atom. The van der Waals surface area contributed by atoms with Crippen molar-refractivity contribution in [1.29, 1.82) is 0 Å². The molecule has 0 aliphatic heterocycles. The summed E-state index contributed by atoms with van der Waals surface area (Å²) in [5.41, 5.74) is 0.786. The summed E-state index contributed by atoms with van der Waals surface area (Å²) in [4.78, 5) is 16.7. The Morgan fingerprint density at radius 2 is 1.73 bits per heavy atom. The molecule has 1 heterocycles. The SMILES string of the molecule is CC1CCC(N(C)S(=O)(=O)c2ccc3[nH]c(=O)[nH]c3c2)CC1. The molecule has 0 spiro atoms. The highest BCUT2D eigenvalue weighted by Crippen LogP contribution is 2.30. The van der Waals surface area contributed by atoms with Crippen LogP contribution >= 0.6 is 0 Å². The van der Waals surface area contributed by atoms with Crippen molar-refractivity contribution in [3.63, 3.8) is 0 Å². The van der Waals surface area contributed by atoms with Gasteiger partial charge in [0.1, 0.15) is 0 Å². The number of hydrogen-bond acceptors (Lipinski definition) is 3. The topological polar surface area (TPSA) is 86.0 Å². The third-order valence-electron chi connectivity index (χ3n) is 4.66. The molecule has 1 aromatic heterocycles. The van der Waals surface area contributed by atoms with Gasteiger partial charge < -0.3 is 9.97 Å². The number of sulfonamides is 1. The van der Waals surface area contributed by atoms with Crippen LogP contribution < -0.4 is 5.69 Å². The summed E-state index contributed by atoms with van der Waals surface area (Å²) in [7, 11) is -1.89. The maximum absolute atomic E-state index is 12.8. The van der Waals surface area contributed by atoms with Crippen LogP contribution in [0.25, 0.3) is 11.0 Å². The summed E-state index contributed by atoms with van der Waals surface area (Å²) in [5.74, 6) is 0.675. The van der Waals surface area contributed by atoms with Gasteiger partial charge in [-0.15, -0.1) is 0 Å². The summed E-state index contributed by atoms with van der Waals surface area (Å²) in [6, 6.07) is 4.74. The van der Waals surface area contributed by atoms with E-state index in [1.807, 2.05) is 0 Å². The molecule has 1 aliphatic carbocycles. The Bertz CT molecular complexity index is 829. The Balaban J connectivity index is 1.91. The normalized spacial score (nSPS) is 23.2. The van der Waals surface area contributed by atoms with E-state index in [1.165, 1.54) is 10.4 Å². The molecule has 22 heavy (non-hydrogen) atoms. The molecule has 3 rings (SSSR count). The van der Waals surface area contributed by atoms with E-state index in [0.29, 0.717) is 17.0 Å². The third-order valence-corrected chi connectivity index (χ3v) is 6.57. The molecule has 1 saturated carbocycles. The van der Waals surface area contributed by atoms with Gasteiger partial charge in [-0.25, -0.2) is 13.2 Å². The van der Waals surface area contributed by atoms with Gasteiger partial charge in [0.05, 0.1) is 15.9 Å². The first-order valence-corrected chi connectivity index (χ1v) is 9.02. The minimum Gasteiger partial charge on any atom is -0.306 e. The number of hydrogen-bond donors (Lipinski definition) is 2. The average Bonchev–Trinajstić information content (AvgIpc) is 2.86. The van der Waals surface area contributed by atoms with E-state index in [4.69, 9.17) is 0 Å². The molecule has 0 saturated heterocycles. The van der Waals surface area contributed by atoms with Gasteiger partial charge in [-0.1, -0.05) is 6.92 Å². The fraction of sp³-hybridized carbons (Fsp3) is 0.533. The molecular weight excluding hydrogens is 302 g/mol. The lowest BCUT2D eigenvalue weighted by Gasteiger charge is -2.32. The molecular formula is C15H21N3O3S. The average molecular weight is 323 g/mol. The van der Waals surface area contributed by atoms with Crippen LogP contribution in [0.3, 0.4) is 0 Å². The summed E-state index contributed by atoms with van der Waals surface area (Å²) in [5, 5.41) is 0. The molecule has 2 N–H and O–H groups in total. The van der Waals surface area contributed by atoms with Crippen molar-refractivity contribution in [3.8, 4) is 0 Å². The standard InChI is InChI=1S/C15H21N3O3S/c1-10-3-5-11(6-4-10)18(2)22(20,21)12-7-8-13-14(9-12)17-15(19)16-13/h7-11H,3-6H2,1-2H3,(H2,16,17,19). The second-order valence-corrected chi connectivity index (χ2v) is 8.22. The summed E-state index contributed by atoms with van der Waals surface area (Å²) < 4.78 is 27.1. The number of aromatic nitrogens is 2. The highest BCUT2D eigenvalue weighted by atomic mass is 32.2. The number of aromatic amines is 2. The highest BCUT2D eigenvalue weighted by molar-refractivity contribution is 7.89. The number of nitrogens with zero attached hydrogens (tertiary/aromatic N) is 1. The van der Waals surface area contributed by atoms with Crippen molar-refractivity contribution in [2.45, 2.75) is 43.5 Å². The number of fused-ring (bicyclic) bond motifs is 1. The Hall–Kier alpha value is -1.60. The van der Waals surface area contributed by atoms with Gasteiger partial charge in [0, 0.05) is 13.1 Å². The van der Waals surface area contributed by atoms with E-state index in [2.05, 4.69) is 16.9 Å². The zero-order valence-corrected chi connectivity index (χ0v) is 13.6. The first kappa shape index (κ1) is 15.3. The zero-order valence-electron chi connectivity index (χ0n) is 12.8. The van der Waals surface area contributed by atoms with E-state index >= 15 is 0 Å². The highest BCUT2D eigenvalue weighted by Gasteiger charge is 2.30. The fourth-order valence-corrected chi connectivity index (χ4v) is 4.58. The van der Waals surface area contributed by atoms with E-state index < -0.39 is 10.0 Å². The second-order valence-electron chi connectivity index (χ2n) is 6.22. The van der Waals surface area contributed by atoms with E-state index in [1.54, 1.807) is 19.2 Å². The number of imidazole rings is 1.